The maximum absolute atomic E-state index is 12.0. The summed E-state index contributed by atoms with van der Waals surface area (Å²) in [5.74, 6) is 0.868. The second-order valence-electron chi connectivity index (χ2n) is 5.15. The van der Waals surface area contributed by atoms with Crippen LogP contribution >= 0.6 is 0 Å². The fourth-order valence-electron chi connectivity index (χ4n) is 2.26. The Morgan fingerprint density at radius 2 is 2.14 bits per heavy atom. The number of carbonyl (C=O) groups is 1. The fraction of sp³-hybridized carbons (Fsp3) is 0.176. The number of aromatic nitrogens is 2. The molecule has 0 spiro atoms. The number of furan rings is 1. The normalized spacial score (nSPS) is 10.6. The van der Waals surface area contributed by atoms with Gasteiger partial charge in [0.15, 0.2) is 5.76 Å². The van der Waals surface area contributed by atoms with Gasteiger partial charge in [-0.3, -0.25) is 4.79 Å². The molecule has 22 heavy (non-hydrogen) atoms. The Kier molecular flexibility index (Phi) is 4.05. The second-order valence-corrected chi connectivity index (χ2v) is 5.15. The van der Waals surface area contributed by atoms with Crippen LogP contribution in [0.1, 0.15) is 27.4 Å². The van der Waals surface area contributed by atoms with Crippen molar-refractivity contribution in [3.05, 3.63) is 77.8 Å². The highest BCUT2D eigenvalue weighted by atomic mass is 16.3. The van der Waals surface area contributed by atoms with Crippen LogP contribution in [-0.4, -0.2) is 15.5 Å². The van der Waals surface area contributed by atoms with E-state index < -0.39 is 0 Å². The van der Waals surface area contributed by atoms with Gasteiger partial charge in [0.25, 0.3) is 5.91 Å². The minimum absolute atomic E-state index is 0.201. The summed E-state index contributed by atoms with van der Waals surface area (Å²) in [4.78, 5) is 16.0. The molecule has 0 atom stereocenters. The molecule has 3 aromatic rings. The quantitative estimate of drug-likeness (QED) is 0.787. The molecule has 0 bridgehead atoms. The Hall–Kier alpha value is -2.82. The van der Waals surface area contributed by atoms with Crippen molar-refractivity contribution in [2.75, 3.05) is 0 Å². The molecule has 5 nitrogen and oxygen atoms in total. The average Bonchev–Trinajstić information content (AvgIpc) is 3.17. The van der Waals surface area contributed by atoms with E-state index in [0.717, 1.165) is 17.9 Å². The highest BCUT2D eigenvalue weighted by molar-refractivity contribution is 5.91. The maximum Gasteiger partial charge on any atom is 0.287 e. The summed E-state index contributed by atoms with van der Waals surface area (Å²) in [6, 6.07) is 11.6. The first-order chi connectivity index (χ1) is 10.7. The number of nitrogens with zero attached hydrogens (tertiary/aromatic N) is 2. The summed E-state index contributed by atoms with van der Waals surface area (Å²) >= 11 is 0. The summed E-state index contributed by atoms with van der Waals surface area (Å²) in [5, 5.41) is 2.86. The summed E-state index contributed by atoms with van der Waals surface area (Å²) in [7, 11) is 0. The average molecular weight is 295 g/mol. The molecule has 1 N–H and O–H groups in total. The van der Waals surface area contributed by atoms with Crippen LogP contribution < -0.4 is 5.32 Å². The highest BCUT2D eigenvalue weighted by Gasteiger charge is 2.09. The highest BCUT2D eigenvalue weighted by Crippen LogP contribution is 2.09. The van der Waals surface area contributed by atoms with Crippen LogP contribution in [0.5, 0.6) is 0 Å². The number of benzene rings is 1. The van der Waals surface area contributed by atoms with Gasteiger partial charge in [-0.05, 0) is 30.2 Å². The van der Waals surface area contributed by atoms with E-state index in [-0.39, 0.29) is 5.91 Å². The molecule has 1 aromatic carbocycles. The van der Waals surface area contributed by atoms with E-state index in [4.69, 9.17) is 4.42 Å². The van der Waals surface area contributed by atoms with Gasteiger partial charge in [-0.1, -0.05) is 24.3 Å². The van der Waals surface area contributed by atoms with Crippen LogP contribution in [0.2, 0.25) is 0 Å². The Balaban J connectivity index is 1.62. The maximum atomic E-state index is 12.0. The molecule has 5 heteroatoms. The van der Waals surface area contributed by atoms with Crippen molar-refractivity contribution in [1.82, 2.24) is 14.9 Å². The van der Waals surface area contributed by atoms with Crippen molar-refractivity contribution in [1.29, 1.82) is 0 Å². The lowest BCUT2D eigenvalue weighted by Gasteiger charge is -2.07. The van der Waals surface area contributed by atoms with Gasteiger partial charge >= 0.3 is 0 Å². The molecule has 112 valence electrons. The zero-order valence-corrected chi connectivity index (χ0v) is 12.3. The van der Waals surface area contributed by atoms with Gasteiger partial charge in [0.05, 0.1) is 6.33 Å². The topological polar surface area (TPSA) is 60.1 Å². The van der Waals surface area contributed by atoms with Crippen molar-refractivity contribution in [2.45, 2.75) is 20.0 Å². The van der Waals surface area contributed by atoms with E-state index in [1.54, 1.807) is 24.7 Å². The minimum Gasteiger partial charge on any atom is -0.456 e. The molecule has 0 aliphatic rings. The third kappa shape index (κ3) is 3.44. The Bertz CT molecular complexity index is 760. The number of imidazole rings is 1. The summed E-state index contributed by atoms with van der Waals surface area (Å²) in [6.45, 7) is 3.05. The van der Waals surface area contributed by atoms with Gasteiger partial charge in [0, 0.05) is 25.5 Å². The van der Waals surface area contributed by atoms with Gasteiger partial charge in [-0.15, -0.1) is 0 Å². The molecule has 3 rings (SSSR count). The van der Waals surface area contributed by atoms with Gasteiger partial charge in [-0.2, -0.15) is 0 Å². The van der Waals surface area contributed by atoms with Crippen molar-refractivity contribution < 1.29 is 9.21 Å². The summed E-state index contributed by atoms with van der Waals surface area (Å²) < 4.78 is 7.31. The smallest absolute Gasteiger partial charge is 0.287 e. The van der Waals surface area contributed by atoms with E-state index in [1.165, 1.54) is 5.56 Å². The number of rotatable bonds is 5. The Morgan fingerprint density at radius 1 is 1.27 bits per heavy atom. The van der Waals surface area contributed by atoms with Crippen LogP contribution in [-0.2, 0) is 13.1 Å². The lowest BCUT2D eigenvalue weighted by Crippen LogP contribution is -2.22. The molecule has 0 saturated carbocycles. The zero-order valence-electron chi connectivity index (χ0n) is 12.3. The van der Waals surface area contributed by atoms with Gasteiger partial charge in [0.2, 0.25) is 0 Å². The molecular weight excluding hydrogens is 278 g/mol. The molecule has 0 saturated heterocycles. The molecule has 0 fully saturated rings. The Morgan fingerprint density at radius 3 is 2.86 bits per heavy atom. The van der Waals surface area contributed by atoms with Crippen molar-refractivity contribution in [3.63, 3.8) is 0 Å². The predicted molar refractivity (Wildman–Crippen MR) is 82.4 cm³/mol. The summed E-state index contributed by atoms with van der Waals surface area (Å²) in [6.07, 6.45) is 5.47. The van der Waals surface area contributed by atoms with E-state index in [2.05, 4.69) is 22.4 Å². The van der Waals surface area contributed by atoms with Crippen LogP contribution in [0.3, 0.4) is 0 Å². The summed E-state index contributed by atoms with van der Waals surface area (Å²) in [5.41, 5.74) is 2.22. The second kappa shape index (κ2) is 6.30. The van der Waals surface area contributed by atoms with E-state index in [9.17, 15) is 4.79 Å². The third-order valence-corrected chi connectivity index (χ3v) is 3.33. The van der Waals surface area contributed by atoms with Gasteiger partial charge in [-0.25, -0.2) is 4.98 Å². The fourth-order valence-corrected chi connectivity index (χ4v) is 2.26. The van der Waals surface area contributed by atoms with E-state index in [0.29, 0.717) is 12.3 Å². The minimum atomic E-state index is -0.201. The van der Waals surface area contributed by atoms with Gasteiger partial charge < -0.3 is 14.3 Å². The predicted octanol–water partition coefficient (Wildman–Crippen LogP) is 2.76. The molecule has 2 heterocycles. The number of carbonyl (C=O) groups excluding carboxylic acids is 1. The van der Waals surface area contributed by atoms with E-state index in [1.807, 2.05) is 29.8 Å². The SMILES string of the molecule is Cc1ccc(C(=O)NCc2cccc(Cn3ccnc3)c2)o1. The lowest BCUT2D eigenvalue weighted by atomic mass is 10.1. The largest absolute Gasteiger partial charge is 0.456 e. The van der Waals surface area contributed by atoms with Crippen LogP contribution in [0.25, 0.3) is 0 Å². The van der Waals surface area contributed by atoms with Crippen molar-refractivity contribution in [3.8, 4) is 0 Å². The number of nitrogens with one attached hydrogen (secondary N) is 1. The first kappa shape index (κ1) is 14.1. The molecule has 0 unspecified atom stereocenters. The standard InChI is InChI=1S/C17H17N3O2/c1-13-5-6-16(22-13)17(21)19-10-14-3-2-4-15(9-14)11-20-8-7-18-12-20/h2-9,12H,10-11H2,1H3,(H,19,21). The van der Waals surface area contributed by atoms with Crippen molar-refractivity contribution >= 4 is 5.91 Å². The first-order valence-corrected chi connectivity index (χ1v) is 7.09. The third-order valence-electron chi connectivity index (χ3n) is 3.33. The van der Waals surface area contributed by atoms with Crippen LogP contribution in [0.15, 0.2) is 59.5 Å². The molecule has 1 amide bonds. The molecule has 2 aromatic heterocycles. The lowest BCUT2D eigenvalue weighted by molar-refractivity contribution is 0.0922. The molecule has 0 aliphatic heterocycles. The number of aryl methyl sites for hydroxylation is 1. The monoisotopic (exact) mass is 295 g/mol. The number of hydrogen-bond acceptors (Lipinski definition) is 3. The van der Waals surface area contributed by atoms with Crippen LogP contribution in [0, 0.1) is 6.92 Å². The van der Waals surface area contributed by atoms with Gasteiger partial charge in [0.1, 0.15) is 5.76 Å². The molecule has 0 radical (unpaired) electrons. The Labute approximate surface area is 128 Å². The first-order valence-electron chi connectivity index (χ1n) is 7.09. The van der Waals surface area contributed by atoms with E-state index >= 15 is 0 Å². The number of amides is 1. The molecule has 0 aliphatic carbocycles. The zero-order chi connectivity index (χ0) is 15.4. The van der Waals surface area contributed by atoms with Crippen molar-refractivity contribution in [2.24, 2.45) is 0 Å². The molecular formula is C17H17N3O2. The van der Waals surface area contributed by atoms with Crippen LogP contribution in [0.4, 0.5) is 0 Å². The number of hydrogen-bond donors (Lipinski definition) is 1.